The number of fused-ring (bicyclic) bond motifs is 1. The van der Waals surface area contributed by atoms with E-state index in [1.54, 1.807) is 24.3 Å². The van der Waals surface area contributed by atoms with Gasteiger partial charge in [0.2, 0.25) is 5.91 Å². The smallest absolute Gasteiger partial charge is 0.269 e. The summed E-state index contributed by atoms with van der Waals surface area (Å²) in [5, 5.41) is 0. The highest BCUT2D eigenvalue weighted by Gasteiger charge is 2.12. The first-order valence-electron chi connectivity index (χ1n) is 8.07. The van der Waals surface area contributed by atoms with E-state index in [1.165, 1.54) is 24.0 Å². The Morgan fingerprint density at radius 3 is 2.38 bits per heavy atom. The van der Waals surface area contributed by atoms with Crippen LogP contribution in [0.3, 0.4) is 0 Å². The van der Waals surface area contributed by atoms with Gasteiger partial charge in [-0.1, -0.05) is 34.1 Å². The van der Waals surface area contributed by atoms with E-state index in [1.807, 2.05) is 6.07 Å². The molecule has 2 aromatic rings. The van der Waals surface area contributed by atoms with Gasteiger partial charge in [0.05, 0.1) is 6.42 Å². The summed E-state index contributed by atoms with van der Waals surface area (Å²) in [5.74, 6) is -0.558. The standard InChI is InChI=1S/C19H19BrN2O2/c20-17-9-7-15(8-10-17)19(24)22-21-18(23)12-13-5-6-14-3-1-2-4-16(14)11-13/h5-11H,1-4,12H2,(H,21,23)(H,22,24). The molecule has 3 rings (SSSR count). The Morgan fingerprint density at radius 2 is 1.62 bits per heavy atom. The van der Waals surface area contributed by atoms with Gasteiger partial charge in [-0.25, -0.2) is 0 Å². The van der Waals surface area contributed by atoms with Crippen LogP contribution < -0.4 is 10.9 Å². The maximum absolute atomic E-state index is 12.0. The van der Waals surface area contributed by atoms with Gasteiger partial charge in [-0.05, 0) is 66.6 Å². The maximum atomic E-state index is 12.0. The fraction of sp³-hybridized carbons (Fsp3) is 0.263. The SMILES string of the molecule is O=C(Cc1ccc2c(c1)CCCC2)NNC(=O)c1ccc(Br)cc1. The maximum Gasteiger partial charge on any atom is 0.269 e. The molecule has 0 spiro atoms. The molecule has 0 atom stereocenters. The van der Waals surface area contributed by atoms with Crippen LogP contribution >= 0.6 is 15.9 Å². The molecule has 124 valence electrons. The number of halogens is 1. The lowest BCUT2D eigenvalue weighted by Gasteiger charge is -2.16. The summed E-state index contributed by atoms with van der Waals surface area (Å²) in [7, 11) is 0. The second-order valence-electron chi connectivity index (χ2n) is 6.00. The second-order valence-corrected chi connectivity index (χ2v) is 6.91. The van der Waals surface area contributed by atoms with Gasteiger partial charge in [-0.2, -0.15) is 0 Å². The first-order valence-corrected chi connectivity index (χ1v) is 8.86. The van der Waals surface area contributed by atoms with Crippen molar-refractivity contribution in [3.05, 3.63) is 69.2 Å². The first kappa shape index (κ1) is 16.7. The largest absolute Gasteiger partial charge is 0.273 e. The molecule has 0 bridgehead atoms. The summed E-state index contributed by atoms with van der Waals surface area (Å²) in [5.41, 5.74) is 9.14. The van der Waals surface area contributed by atoms with Gasteiger partial charge in [0.15, 0.2) is 0 Å². The molecule has 0 saturated heterocycles. The Bertz CT molecular complexity index is 756. The highest BCUT2D eigenvalue weighted by atomic mass is 79.9. The lowest BCUT2D eigenvalue weighted by atomic mass is 9.90. The molecule has 0 unspecified atom stereocenters. The summed E-state index contributed by atoms with van der Waals surface area (Å²) < 4.78 is 0.899. The van der Waals surface area contributed by atoms with Crippen molar-refractivity contribution in [3.8, 4) is 0 Å². The summed E-state index contributed by atoms with van der Waals surface area (Å²) in [6.45, 7) is 0. The molecule has 0 saturated carbocycles. The molecule has 5 heteroatoms. The molecule has 1 aliphatic rings. The number of nitrogens with one attached hydrogen (secondary N) is 2. The topological polar surface area (TPSA) is 58.2 Å². The predicted molar refractivity (Wildman–Crippen MR) is 96.5 cm³/mol. The Labute approximate surface area is 149 Å². The Balaban J connectivity index is 1.54. The molecule has 2 N–H and O–H groups in total. The lowest BCUT2D eigenvalue weighted by molar-refractivity contribution is -0.121. The van der Waals surface area contributed by atoms with E-state index in [-0.39, 0.29) is 18.2 Å². The van der Waals surface area contributed by atoms with Gasteiger partial charge in [0, 0.05) is 10.0 Å². The average Bonchev–Trinajstić information content (AvgIpc) is 2.60. The minimum Gasteiger partial charge on any atom is -0.273 e. The summed E-state index contributed by atoms with van der Waals surface area (Å²) in [6, 6.07) is 13.2. The third-order valence-corrected chi connectivity index (χ3v) is 4.73. The van der Waals surface area contributed by atoms with Crippen LogP contribution in [0, 0.1) is 0 Å². The van der Waals surface area contributed by atoms with E-state index >= 15 is 0 Å². The zero-order valence-corrected chi connectivity index (χ0v) is 14.9. The van der Waals surface area contributed by atoms with E-state index in [4.69, 9.17) is 0 Å². The van der Waals surface area contributed by atoms with Crippen molar-refractivity contribution in [2.45, 2.75) is 32.1 Å². The predicted octanol–water partition coefficient (Wildman–Crippen LogP) is 3.33. The van der Waals surface area contributed by atoms with Crippen molar-refractivity contribution in [3.63, 3.8) is 0 Å². The zero-order chi connectivity index (χ0) is 16.9. The lowest BCUT2D eigenvalue weighted by Crippen LogP contribution is -2.42. The summed E-state index contributed by atoms with van der Waals surface area (Å²) in [4.78, 5) is 24.0. The zero-order valence-electron chi connectivity index (χ0n) is 13.3. The van der Waals surface area contributed by atoms with Crippen LogP contribution in [0.15, 0.2) is 46.9 Å². The Hall–Kier alpha value is -2.14. The number of aryl methyl sites for hydroxylation is 2. The molecule has 1 aliphatic carbocycles. The normalized spacial score (nSPS) is 13.0. The van der Waals surface area contributed by atoms with Crippen LogP contribution in [0.2, 0.25) is 0 Å². The summed E-state index contributed by atoms with van der Waals surface area (Å²) in [6.07, 6.45) is 4.94. The molecule has 2 amide bonds. The quantitative estimate of drug-likeness (QED) is 0.794. The minimum atomic E-state index is -0.332. The van der Waals surface area contributed by atoms with Crippen molar-refractivity contribution in [2.24, 2.45) is 0 Å². The molecule has 0 aliphatic heterocycles. The van der Waals surface area contributed by atoms with Gasteiger partial charge in [-0.3, -0.25) is 20.4 Å². The van der Waals surface area contributed by atoms with Crippen LogP contribution in [0.25, 0.3) is 0 Å². The molecular weight excluding hydrogens is 368 g/mol. The Morgan fingerprint density at radius 1 is 0.917 bits per heavy atom. The third-order valence-electron chi connectivity index (χ3n) is 4.20. The van der Waals surface area contributed by atoms with Crippen LogP contribution in [0.5, 0.6) is 0 Å². The van der Waals surface area contributed by atoms with Crippen molar-refractivity contribution in [1.29, 1.82) is 0 Å². The number of hydrazine groups is 1. The molecular formula is C19H19BrN2O2. The molecule has 0 fully saturated rings. The van der Waals surface area contributed by atoms with E-state index in [0.29, 0.717) is 5.56 Å². The van der Waals surface area contributed by atoms with Crippen LogP contribution in [0.4, 0.5) is 0 Å². The number of amides is 2. The number of carbonyl (C=O) groups is 2. The minimum absolute atomic E-state index is 0.226. The van der Waals surface area contributed by atoms with E-state index in [9.17, 15) is 9.59 Å². The fourth-order valence-corrected chi connectivity index (χ4v) is 3.19. The molecule has 0 heterocycles. The van der Waals surface area contributed by atoms with E-state index in [0.717, 1.165) is 22.9 Å². The van der Waals surface area contributed by atoms with Crippen LogP contribution in [-0.4, -0.2) is 11.8 Å². The van der Waals surface area contributed by atoms with Gasteiger partial charge < -0.3 is 0 Å². The van der Waals surface area contributed by atoms with Crippen molar-refractivity contribution >= 4 is 27.7 Å². The first-order chi connectivity index (χ1) is 11.6. The monoisotopic (exact) mass is 386 g/mol. The average molecular weight is 387 g/mol. The molecule has 0 radical (unpaired) electrons. The number of hydrogen-bond acceptors (Lipinski definition) is 2. The number of benzene rings is 2. The second kappa shape index (κ2) is 7.62. The van der Waals surface area contributed by atoms with Crippen LogP contribution in [0.1, 0.15) is 39.9 Å². The van der Waals surface area contributed by atoms with Crippen molar-refractivity contribution in [1.82, 2.24) is 10.9 Å². The molecule has 24 heavy (non-hydrogen) atoms. The van der Waals surface area contributed by atoms with Gasteiger partial charge >= 0.3 is 0 Å². The van der Waals surface area contributed by atoms with Gasteiger partial charge in [0.25, 0.3) is 5.91 Å². The van der Waals surface area contributed by atoms with Crippen LogP contribution in [-0.2, 0) is 24.1 Å². The number of carbonyl (C=O) groups excluding carboxylic acids is 2. The van der Waals surface area contributed by atoms with E-state index < -0.39 is 0 Å². The van der Waals surface area contributed by atoms with Gasteiger partial charge in [0.1, 0.15) is 0 Å². The Kier molecular flexibility index (Phi) is 5.30. The third kappa shape index (κ3) is 4.23. The molecule has 4 nitrogen and oxygen atoms in total. The fourth-order valence-electron chi connectivity index (χ4n) is 2.93. The highest BCUT2D eigenvalue weighted by molar-refractivity contribution is 9.10. The number of rotatable bonds is 3. The molecule has 2 aromatic carbocycles. The highest BCUT2D eigenvalue weighted by Crippen LogP contribution is 2.22. The summed E-state index contributed by atoms with van der Waals surface area (Å²) >= 11 is 3.32. The van der Waals surface area contributed by atoms with E-state index in [2.05, 4.69) is 38.9 Å². The van der Waals surface area contributed by atoms with Crippen molar-refractivity contribution < 1.29 is 9.59 Å². The molecule has 0 aromatic heterocycles. The van der Waals surface area contributed by atoms with Crippen molar-refractivity contribution in [2.75, 3.05) is 0 Å². The number of hydrogen-bond donors (Lipinski definition) is 2. The van der Waals surface area contributed by atoms with Gasteiger partial charge in [-0.15, -0.1) is 0 Å².